The van der Waals surface area contributed by atoms with Crippen molar-refractivity contribution in [1.82, 2.24) is 19.8 Å². The molecule has 1 aliphatic carbocycles. The van der Waals surface area contributed by atoms with Gasteiger partial charge in [-0.05, 0) is 63.4 Å². The molecule has 1 aromatic heterocycles. The van der Waals surface area contributed by atoms with Crippen molar-refractivity contribution < 1.29 is 9.53 Å². The molecule has 2 aliphatic heterocycles. The van der Waals surface area contributed by atoms with Gasteiger partial charge in [0.2, 0.25) is 12.5 Å². The number of likely N-dealkylation sites (N-methyl/N-ethyl adjacent to an activating group) is 1. The van der Waals surface area contributed by atoms with E-state index in [4.69, 9.17) is 21.3 Å². The fourth-order valence-corrected chi connectivity index (χ4v) is 6.47. The van der Waals surface area contributed by atoms with Gasteiger partial charge in [-0.2, -0.15) is 9.97 Å². The minimum absolute atomic E-state index is 0.0450. The maximum Gasteiger partial charge on any atom is 0.318 e. The number of rotatable bonds is 8. The Morgan fingerprint density at radius 2 is 1.95 bits per heavy atom. The lowest BCUT2D eigenvalue weighted by Crippen LogP contribution is -2.56. The first-order chi connectivity index (χ1) is 20.3. The molecule has 0 radical (unpaired) electrons. The van der Waals surface area contributed by atoms with E-state index in [1.54, 1.807) is 4.90 Å². The first-order valence-corrected chi connectivity index (χ1v) is 14.8. The van der Waals surface area contributed by atoms with E-state index in [0.717, 1.165) is 42.9 Å². The lowest BCUT2D eigenvalue weighted by molar-refractivity contribution is -0.128. The average molecular weight is 566 g/mol. The first kappa shape index (κ1) is 28.0. The molecule has 1 amide bonds. The van der Waals surface area contributed by atoms with Gasteiger partial charge in [-0.15, -0.1) is 0 Å². The fourth-order valence-electron chi connectivity index (χ4n) is 6.47. The highest BCUT2D eigenvalue weighted by Crippen LogP contribution is 2.41. The van der Waals surface area contributed by atoms with Crippen molar-refractivity contribution in [3.63, 3.8) is 0 Å². The molecular formula is C33H39N7O2. The molecule has 3 heterocycles. The number of benzene rings is 2. The molecule has 3 aliphatic rings. The lowest BCUT2D eigenvalue weighted by Gasteiger charge is -2.41. The van der Waals surface area contributed by atoms with Gasteiger partial charge in [0.1, 0.15) is 18.5 Å². The minimum Gasteiger partial charge on any atom is -0.461 e. The van der Waals surface area contributed by atoms with Crippen molar-refractivity contribution in [2.24, 2.45) is 0 Å². The zero-order valence-electron chi connectivity index (χ0n) is 24.8. The van der Waals surface area contributed by atoms with Crippen molar-refractivity contribution in [3.05, 3.63) is 77.3 Å². The molecular weight excluding hydrogens is 526 g/mol. The summed E-state index contributed by atoms with van der Waals surface area (Å²) in [4.78, 5) is 34.8. The quantitative estimate of drug-likeness (QED) is 0.301. The standard InChI is InChI=1S/C33H39N7O2/c1-6-29(41)40-18-17-39(20-25(40)19-34-3)31-26-13-16-38(28-12-8-11-24-10-7-9-23(2)30(24)28)21-27(26)35-32(36-31)42-22-33(14-15-33)37(4)5/h6-12,25H,1,13-22H2,2,4-5H3. The average Bonchev–Trinajstić information content (AvgIpc) is 3.80. The largest absolute Gasteiger partial charge is 0.461 e. The summed E-state index contributed by atoms with van der Waals surface area (Å²) in [5.74, 6) is 0.746. The molecule has 0 spiro atoms. The third-order valence-corrected chi connectivity index (χ3v) is 9.24. The maximum atomic E-state index is 12.5. The van der Waals surface area contributed by atoms with E-state index in [9.17, 15) is 4.79 Å². The molecule has 3 aromatic rings. The first-order valence-electron chi connectivity index (χ1n) is 14.8. The van der Waals surface area contributed by atoms with Crippen LogP contribution in [0, 0.1) is 13.5 Å². The fraction of sp³-hybridized carbons (Fsp3) is 0.455. The number of aromatic nitrogens is 2. The van der Waals surface area contributed by atoms with Gasteiger partial charge in [0.05, 0.1) is 17.8 Å². The highest BCUT2D eigenvalue weighted by Gasteiger charge is 2.46. The number of ether oxygens (including phenoxy) is 1. The molecule has 2 aromatic carbocycles. The Hall–Kier alpha value is -4.16. The van der Waals surface area contributed by atoms with Crippen LogP contribution in [0.1, 0.15) is 29.7 Å². The van der Waals surface area contributed by atoms with E-state index in [1.165, 1.54) is 28.1 Å². The molecule has 1 saturated carbocycles. The highest BCUT2D eigenvalue weighted by molar-refractivity contribution is 5.97. The number of carbonyl (C=O) groups excluding carboxylic acids is 1. The number of anilines is 2. The molecule has 1 unspecified atom stereocenters. The van der Waals surface area contributed by atoms with Crippen LogP contribution in [-0.4, -0.2) is 90.7 Å². The Morgan fingerprint density at radius 1 is 1.17 bits per heavy atom. The van der Waals surface area contributed by atoms with Crippen LogP contribution in [0.2, 0.25) is 0 Å². The molecule has 9 heteroatoms. The summed E-state index contributed by atoms with van der Waals surface area (Å²) in [7, 11) is 4.20. The topological polar surface area (TPSA) is 69.4 Å². The molecule has 42 heavy (non-hydrogen) atoms. The van der Waals surface area contributed by atoms with Crippen molar-refractivity contribution in [2.75, 3.05) is 63.2 Å². The normalized spacial score (nSPS) is 19.4. The van der Waals surface area contributed by atoms with Gasteiger partial charge in [0.15, 0.2) is 0 Å². The molecule has 2 fully saturated rings. The van der Waals surface area contributed by atoms with Crippen molar-refractivity contribution in [2.45, 2.75) is 44.3 Å². The second-order valence-corrected chi connectivity index (χ2v) is 12.0. The Balaban J connectivity index is 1.35. The Morgan fingerprint density at radius 3 is 2.67 bits per heavy atom. The van der Waals surface area contributed by atoms with Crippen molar-refractivity contribution in [3.8, 4) is 6.01 Å². The van der Waals surface area contributed by atoms with E-state index in [2.05, 4.69) is 83.5 Å². The van der Waals surface area contributed by atoms with Gasteiger partial charge in [0.25, 0.3) is 0 Å². The van der Waals surface area contributed by atoms with E-state index in [-0.39, 0.29) is 24.0 Å². The summed E-state index contributed by atoms with van der Waals surface area (Å²) in [5.41, 5.74) is 4.64. The number of carbonyl (C=O) groups is 1. The SMILES string of the molecule is [C-]#[N+]CC1CN(c2nc(OCC3(N(C)C)CC3)nc3c2CCN(c2cccc4cccc(C)c24)C3)CCN1C(=O)C=C. The van der Waals surface area contributed by atoms with Gasteiger partial charge in [0, 0.05) is 42.8 Å². The maximum absolute atomic E-state index is 12.5. The molecule has 6 rings (SSSR count). The summed E-state index contributed by atoms with van der Waals surface area (Å²) < 4.78 is 6.34. The Kier molecular flexibility index (Phi) is 7.50. The van der Waals surface area contributed by atoms with Gasteiger partial charge < -0.3 is 29.2 Å². The summed E-state index contributed by atoms with van der Waals surface area (Å²) in [6.07, 6.45) is 4.34. The molecule has 0 bridgehead atoms. The van der Waals surface area contributed by atoms with Crippen LogP contribution in [0.15, 0.2) is 49.1 Å². The zero-order chi connectivity index (χ0) is 29.4. The van der Waals surface area contributed by atoms with Crippen LogP contribution >= 0.6 is 0 Å². The molecule has 0 N–H and O–H groups in total. The number of fused-ring (bicyclic) bond motifs is 2. The summed E-state index contributed by atoms with van der Waals surface area (Å²) in [6.45, 7) is 17.3. The van der Waals surface area contributed by atoms with Gasteiger partial charge >= 0.3 is 6.01 Å². The van der Waals surface area contributed by atoms with Gasteiger partial charge in [-0.1, -0.05) is 36.9 Å². The predicted molar refractivity (Wildman–Crippen MR) is 166 cm³/mol. The van der Waals surface area contributed by atoms with Crippen LogP contribution in [0.4, 0.5) is 11.5 Å². The highest BCUT2D eigenvalue weighted by atomic mass is 16.5. The van der Waals surface area contributed by atoms with E-state index in [1.807, 2.05) is 0 Å². The van der Waals surface area contributed by atoms with Crippen molar-refractivity contribution >= 4 is 28.2 Å². The number of hydrogen-bond acceptors (Lipinski definition) is 7. The lowest BCUT2D eigenvalue weighted by atomic mass is 9.99. The number of hydrogen-bond donors (Lipinski definition) is 0. The van der Waals surface area contributed by atoms with Crippen LogP contribution < -0.4 is 14.5 Å². The zero-order valence-corrected chi connectivity index (χ0v) is 24.8. The molecule has 1 saturated heterocycles. The van der Waals surface area contributed by atoms with Gasteiger partial charge in [-0.3, -0.25) is 4.79 Å². The number of aryl methyl sites for hydroxylation is 1. The number of amides is 1. The number of piperazine rings is 1. The van der Waals surface area contributed by atoms with Gasteiger partial charge in [-0.25, -0.2) is 6.57 Å². The predicted octanol–water partition coefficient (Wildman–Crippen LogP) is 4.10. The smallest absolute Gasteiger partial charge is 0.318 e. The third kappa shape index (κ3) is 5.16. The van der Waals surface area contributed by atoms with Crippen LogP contribution in [-0.2, 0) is 17.8 Å². The molecule has 9 nitrogen and oxygen atoms in total. The second kappa shape index (κ2) is 11.3. The van der Waals surface area contributed by atoms with Crippen LogP contribution in [0.3, 0.4) is 0 Å². The van der Waals surface area contributed by atoms with E-state index in [0.29, 0.717) is 38.8 Å². The monoisotopic (exact) mass is 565 g/mol. The van der Waals surface area contributed by atoms with Crippen LogP contribution in [0.5, 0.6) is 6.01 Å². The Bertz CT molecular complexity index is 1550. The van der Waals surface area contributed by atoms with E-state index >= 15 is 0 Å². The number of nitrogens with zero attached hydrogens (tertiary/aromatic N) is 7. The molecule has 1 atom stereocenters. The third-order valence-electron chi connectivity index (χ3n) is 9.24. The van der Waals surface area contributed by atoms with Crippen LogP contribution in [0.25, 0.3) is 15.6 Å². The molecule has 218 valence electrons. The summed E-state index contributed by atoms with van der Waals surface area (Å²) in [6, 6.07) is 13.1. The second-order valence-electron chi connectivity index (χ2n) is 12.0. The summed E-state index contributed by atoms with van der Waals surface area (Å²) in [5, 5.41) is 2.52. The van der Waals surface area contributed by atoms with Crippen molar-refractivity contribution in [1.29, 1.82) is 0 Å². The minimum atomic E-state index is -0.223. The Labute approximate surface area is 248 Å². The summed E-state index contributed by atoms with van der Waals surface area (Å²) >= 11 is 0. The van der Waals surface area contributed by atoms with E-state index < -0.39 is 0 Å².